The van der Waals surface area contributed by atoms with Crippen molar-refractivity contribution in [2.75, 3.05) is 6.54 Å². The summed E-state index contributed by atoms with van der Waals surface area (Å²) in [6.07, 6.45) is -2.12. The number of hydrogen-bond acceptors (Lipinski definition) is 9. The third-order valence-corrected chi connectivity index (χ3v) is 4.36. The van der Waals surface area contributed by atoms with E-state index in [1.54, 1.807) is 0 Å². The first-order valence-corrected chi connectivity index (χ1v) is 8.63. The van der Waals surface area contributed by atoms with Gasteiger partial charge in [0.1, 0.15) is 18.1 Å². The number of urea groups is 1. The zero-order chi connectivity index (χ0) is 21.0. The summed E-state index contributed by atoms with van der Waals surface area (Å²) in [7, 11) is 0. The van der Waals surface area contributed by atoms with Crippen LogP contribution in [0.3, 0.4) is 0 Å². The molecule has 28 heavy (non-hydrogen) atoms. The molecule has 0 radical (unpaired) electrons. The lowest BCUT2D eigenvalue weighted by molar-refractivity contribution is -0.141. The lowest BCUT2D eigenvalue weighted by Crippen LogP contribution is -2.47. The van der Waals surface area contributed by atoms with Crippen LogP contribution in [0.5, 0.6) is 0 Å². The van der Waals surface area contributed by atoms with Gasteiger partial charge in [0.05, 0.1) is 12.2 Å². The summed E-state index contributed by atoms with van der Waals surface area (Å²) in [6.45, 7) is 1.28. The number of nitrogens with two attached hydrogens (primary N) is 2. The summed E-state index contributed by atoms with van der Waals surface area (Å²) in [6, 6.07) is -3.86. The average molecular weight is 400 g/mol. The maximum Gasteiger partial charge on any atom is 0.326 e. The van der Waals surface area contributed by atoms with Gasteiger partial charge in [0.2, 0.25) is 17.7 Å². The van der Waals surface area contributed by atoms with E-state index in [1.165, 1.54) is 6.92 Å². The summed E-state index contributed by atoms with van der Waals surface area (Å²) < 4.78 is 5.40. The van der Waals surface area contributed by atoms with Gasteiger partial charge in [-0.05, 0) is 13.3 Å². The molecule has 3 amide bonds. The van der Waals surface area contributed by atoms with Gasteiger partial charge in [-0.1, -0.05) is 0 Å². The number of primary amides is 1. The van der Waals surface area contributed by atoms with Crippen LogP contribution in [0.4, 0.5) is 4.79 Å². The van der Waals surface area contributed by atoms with Crippen molar-refractivity contribution in [3.05, 3.63) is 11.8 Å². The number of carboxylic acid groups (broad SMARTS) is 1. The van der Waals surface area contributed by atoms with Crippen LogP contribution >= 0.6 is 0 Å². The molecule has 1 aromatic rings. The molecule has 0 aliphatic carbocycles. The number of carbonyl (C=O) groups excluding carboxylic acids is 2. The highest BCUT2D eigenvalue weighted by Crippen LogP contribution is 2.23. The summed E-state index contributed by atoms with van der Waals surface area (Å²) in [5.41, 5.74) is 10.9. The molecule has 0 aromatic carbocycles. The van der Waals surface area contributed by atoms with Gasteiger partial charge in [-0.25, -0.2) is 9.59 Å². The number of likely N-dealkylation sites (tertiary alicyclic amines) is 1. The normalized spacial score (nSPS) is 22.5. The molecule has 1 saturated heterocycles. The fraction of sp³-hybridized carbons (Fsp3) is 0.667. The summed E-state index contributed by atoms with van der Waals surface area (Å²) in [5.74, 6) is -2.02. The van der Waals surface area contributed by atoms with Crippen molar-refractivity contribution >= 4 is 17.9 Å². The molecule has 156 valence electrons. The Morgan fingerprint density at radius 1 is 1.36 bits per heavy atom. The number of carboxylic acids is 1. The largest absolute Gasteiger partial charge is 0.480 e. The first kappa shape index (κ1) is 21.5. The van der Waals surface area contributed by atoms with E-state index in [2.05, 4.69) is 15.5 Å². The number of aliphatic hydroxyl groups excluding tert-OH is 2. The molecule has 0 spiro atoms. The minimum absolute atomic E-state index is 0.0146. The molecular formula is C15H24N6O7. The summed E-state index contributed by atoms with van der Waals surface area (Å²) in [4.78, 5) is 36.0. The number of nitrogens with zero attached hydrogens (tertiary/aromatic N) is 3. The van der Waals surface area contributed by atoms with Gasteiger partial charge in [0.25, 0.3) is 0 Å². The zero-order valence-electron chi connectivity index (χ0n) is 15.2. The molecule has 0 saturated carbocycles. The molecule has 0 unspecified atom stereocenters. The highest BCUT2D eigenvalue weighted by atomic mass is 16.4. The van der Waals surface area contributed by atoms with Crippen molar-refractivity contribution in [1.82, 2.24) is 20.4 Å². The molecule has 8 N–H and O–H groups in total. The third kappa shape index (κ3) is 5.15. The molecule has 2 rings (SSSR count). The lowest BCUT2D eigenvalue weighted by atomic mass is 10.1. The molecule has 1 aliphatic rings. The third-order valence-electron chi connectivity index (χ3n) is 4.36. The maximum atomic E-state index is 12.6. The van der Waals surface area contributed by atoms with E-state index in [-0.39, 0.29) is 37.6 Å². The van der Waals surface area contributed by atoms with E-state index in [1.807, 2.05) is 0 Å². The van der Waals surface area contributed by atoms with Crippen LogP contribution in [0.2, 0.25) is 0 Å². The van der Waals surface area contributed by atoms with E-state index in [0.29, 0.717) is 0 Å². The van der Waals surface area contributed by atoms with Crippen LogP contribution < -0.4 is 16.8 Å². The predicted molar refractivity (Wildman–Crippen MR) is 91.4 cm³/mol. The molecule has 2 heterocycles. The number of β-amino-alcohol motifs (C(OH)–C–C–N with tert-alkyl or cyclic N) is 1. The smallest absolute Gasteiger partial charge is 0.326 e. The Bertz CT molecular complexity index is 723. The Morgan fingerprint density at radius 2 is 2.00 bits per heavy atom. The maximum absolute atomic E-state index is 12.6. The topological polar surface area (TPSA) is 218 Å². The second-order valence-electron chi connectivity index (χ2n) is 6.65. The molecule has 0 bridgehead atoms. The number of nitrogens with one attached hydrogen (secondary N) is 1. The van der Waals surface area contributed by atoms with Gasteiger partial charge >= 0.3 is 12.0 Å². The second-order valence-corrected chi connectivity index (χ2v) is 6.65. The highest BCUT2D eigenvalue weighted by Gasteiger charge is 2.40. The Kier molecular flexibility index (Phi) is 6.88. The van der Waals surface area contributed by atoms with Crippen LogP contribution in [0.25, 0.3) is 0 Å². The van der Waals surface area contributed by atoms with Crippen LogP contribution in [-0.4, -0.2) is 73.1 Å². The zero-order valence-corrected chi connectivity index (χ0v) is 15.2. The van der Waals surface area contributed by atoms with Crippen molar-refractivity contribution < 1.29 is 34.1 Å². The molecular weight excluding hydrogens is 376 g/mol. The van der Waals surface area contributed by atoms with Gasteiger partial charge in [0, 0.05) is 19.4 Å². The molecule has 1 aromatic heterocycles. The molecule has 13 heteroatoms. The second kappa shape index (κ2) is 8.95. The number of hydrogen-bond donors (Lipinski definition) is 6. The number of rotatable bonds is 8. The van der Waals surface area contributed by atoms with Crippen molar-refractivity contribution in [3.63, 3.8) is 0 Å². The Balaban J connectivity index is 2.18. The minimum atomic E-state index is -1.25. The van der Waals surface area contributed by atoms with E-state index in [0.717, 1.165) is 4.90 Å². The quantitative estimate of drug-likeness (QED) is 0.281. The van der Waals surface area contributed by atoms with Gasteiger partial charge < -0.3 is 41.4 Å². The predicted octanol–water partition coefficient (Wildman–Crippen LogP) is -2.01. The highest BCUT2D eigenvalue weighted by molar-refractivity contribution is 5.83. The Labute approximate surface area is 159 Å². The van der Waals surface area contributed by atoms with Crippen molar-refractivity contribution in [3.8, 4) is 0 Å². The van der Waals surface area contributed by atoms with Gasteiger partial charge in [-0.15, -0.1) is 10.2 Å². The number of aliphatic hydroxyl groups is 2. The fourth-order valence-electron chi connectivity index (χ4n) is 2.78. The van der Waals surface area contributed by atoms with Gasteiger partial charge in [-0.2, -0.15) is 0 Å². The van der Waals surface area contributed by atoms with E-state index in [4.69, 9.17) is 15.9 Å². The van der Waals surface area contributed by atoms with Crippen molar-refractivity contribution in [2.45, 2.75) is 56.5 Å². The van der Waals surface area contributed by atoms with Gasteiger partial charge in [0.15, 0.2) is 0 Å². The van der Waals surface area contributed by atoms with Crippen molar-refractivity contribution in [2.24, 2.45) is 11.5 Å². The molecule has 13 nitrogen and oxygen atoms in total. The van der Waals surface area contributed by atoms with E-state index < -0.39 is 48.2 Å². The summed E-state index contributed by atoms with van der Waals surface area (Å²) in [5, 5.41) is 38.5. The standard InChI is InChI=1S/C15H24N6O7/c1-6(22)11(17)13-20-19-12(28-13)8(2-3-10(16)24)18-15(27)21-5-7(23)4-9(21)14(25)26/h6-9,11,22-23H,2-5,17H2,1H3,(H2,16,24)(H,18,27)(H,25,26)/t6-,7-,8+,9+,11+/m1/s1. The van der Waals surface area contributed by atoms with Crippen LogP contribution in [0, 0.1) is 0 Å². The monoisotopic (exact) mass is 400 g/mol. The number of aliphatic carboxylic acids is 1. The Morgan fingerprint density at radius 3 is 2.57 bits per heavy atom. The SMILES string of the molecule is C[C@@H](O)[C@H](N)c1nnc([C@H](CCC(N)=O)NC(=O)N2C[C@H](O)C[C@H]2C(=O)O)o1. The minimum Gasteiger partial charge on any atom is -0.480 e. The first-order valence-electron chi connectivity index (χ1n) is 8.63. The fourth-order valence-corrected chi connectivity index (χ4v) is 2.78. The number of aromatic nitrogens is 2. The average Bonchev–Trinajstić information content (AvgIpc) is 3.24. The number of carbonyl (C=O) groups is 3. The van der Waals surface area contributed by atoms with E-state index >= 15 is 0 Å². The molecule has 5 atom stereocenters. The lowest BCUT2D eigenvalue weighted by Gasteiger charge is -2.24. The first-order chi connectivity index (χ1) is 13.1. The molecule has 1 aliphatic heterocycles. The van der Waals surface area contributed by atoms with Crippen LogP contribution in [0.15, 0.2) is 4.42 Å². The van der Waals surface area contributed by atoms with Crippen LogP contribution in [-0.2, 0) is 9.59 Å². The number of amides is 3. The van der Waals surface area contributed by atoms with Crippen LogP contribution in [0.1, 0.15) is 50.1 Å². The van der Waals surface area contributed by atoms with Crippen molar-refractivity contribution in [1.29, 1.82) is 0 Å². The Hall–Kier alpha value is -2.77. The van der Waals surface area contributed by atoms with E-state index in [9.17, 15) is 29.7 Å². The van der Waals surface area contributed by atoms with Gasteiger partial charge in [-0.3, -0.25) is 4.79 Å². The molecule has 1 fully saturated rings. The summed E-state index contributed by atoms with van der Waals surface area (Å²) >= 11 is 0.